The number of piperidine rings is 1. The van der Waals surface area contributed by atoms with Gasteiger partial charge in [0.2, 0.25) is 0 Å². The van der Waals surface area contributed by atoms with E-state index in [0.29, 0.717) is 5.76 Å². The number of aliphatic hydroxyl groups is 1. The van der Waals surface area contributed by atoms with E-state index in [1.54, 1.807) is 0 Å². The zero-order valence-electron chi connectivity index (χ0n) is 11.0. The average molecular weight is 243 g/mol. The maximum atomic E-state index is 9.86. The van der Waals surface area contributed by atoms with E-state index in [2.05, 4.69) is 42.8 Å². The molecule has 1 aliphatic carbocycles. The normalized spacial score (nSPS) is 26.2. The number of hydrogen-bond acceptors (Lipinski definition) is 2. The van der Waals surface area contributed by atoms with Crippen LogP contribution in [0.2, 0.25) is 0 Å². The Morgan fingerprint density at radius 1 is 1.33 bits per heavy atom. The van der Waals surface area contributed by atoms with E-state index >= 15 is 0 Å². The second-order valence-electron chi connectivity index (χ2n) is 5.92. The number of rotatable bonds is 1. The first-order valence-electron chi connectivity index (χ1n) is 6.78. The van der Waals surface area contributed by atoms with Crippen LogP contribution >= 0.6 is 0 Å². The van der Waals surface area contributed by atoms with Gasteiger partial charge < -0.3 is 10.0 Å². The van der Waals surface area contributed by atoms with Gasteiger partial charge in [0.25, 0.3) is 0 Å². The lowest BCUT2D eigenvalue weighted by molar-refractivity contribution is 0.180. The number of fused-ring (bicyclic) bond motifs is 2. The monoisotopic (exact) mass is 243 g/mol. The summed E-state index contributed by atoms with van der Waals surface area (Å²) in [7, 11) is 2.19. The van der Waals surface area contributed by atoms with E-state index in [1.807, 2.05) is 0 Å². The van der Waals surface area contributed by atoms with Crippen LogP contribution in [0.5, 0.6) is 0 Å². The summed E-state index contributed by atoms with van der Waals surface area (Å²) < 4.78 is 0. The standard InChI is InChI=1S/C16H21NO/c1-12(18)14-11-16(7-9-17(2)10-8-16)15-6-4-3-5-13(14)15/h3-6,14,18H,1,7-11H2,2H3. The fourth-order valence-corrected chi connectivity index (χ4v) is 3.71. The predicted octanol–water partition coefficient (Wildman–Crippen LogP) is 3.21. The third-order valence-corrected chi connectivity index (χ3v) is 4.85. The molecule has 1 aromatic carbocycles. The minimum absolute atomic E-state index is 0.143. The van der Waals surface area contributed by atoms with E-state index in [-0.39, 0.29) is 11.3 Å². The van der Waals surface area contributed by atoms with Crippen molar-refractivity contribution >= 4 is 0 Å². The van der Waals surface area contributed by atoms with Crippen LogP contribution in [-0.2, 0) is 5.41 Å². The van der Waals surface area contributed by atoms with Crippen LogP contribution in [0.25, 0.3) is 0 Å². The number of benzene rings is 1. The summed E-state index contributed by atoms with van der Waals surface area (Å²) in [4.78, 5) is 2.40. The van der Waals surface area contributed by atoms with E-state index in [1.165, 1.54) is 24.0 Å². The van der Waals surface area contributed by atoms with Crippen LogP contribution in [-0.4, -0.2) is 30.1 Å². The Balaban J connectivity index is 2.02. The molecule has 0 amide bonds. The minimum Gasteiger partial charge on any atom is -0.512 e. The van der Waals surface area contributed by atoms with Gasteiger partial charge in [-0.3, -0.25) is 0 Å². The maximum Gasteiger partial charge on any atom is 0.0926 e. The third kappa shape index (κ3) is 1.67. The fraction of sp³-hybridized carbons (Fsp3) is 0.500. The predicted molar refractivity (Wildman–Crippen MR) is 74.0 cm³/mol. The molecule has 1 aromatic rings. The Labute approximate surface area is 109 Å². The molecule has 18 heavy (non-hydrogen) atoms. The molecule has 1 saturated heterocycles. The van der Waals surface area contributed by atoms with Gasteiger partial charge >= 0.3 is 0 Å². The van der Waals surface area contributed by atoms with Gasteiger partial charge in [0.15, 0.2) is 0 Å². The Morgan fingerprint density at radius 3 is 2.67 bits per heavy atom. The van der Waals surface area contributed by atoms with Gasteiger partial charge in [-0.25, -0.2) is 0 Å². The van der Waals surface area contributed by atoms with Crippen LogP contribution in [0.3, 0.4) is 0 Å². The topological polar surface area (TPSA) is 23.5 Å². The van der Waals surface area contributed by atoms with Crippen molar-refractivity contribution in [3.05, 3.63) is 47.7 Å². The first-order chi connectivity index (χ1) is 8.62. The van der Waals surface area contributed by atoms with Crippen molar-refractivity contribution < 1.29 is 5.11 Å². The smallest absolute Gasteiger partial charge is 0.0926 e. The van der Waals surface area contributed by atoms with Gasteiger partial charge in [0, 0.05) is 5.92 Å². The average Bonchev–Trinajstić information content (AvgIpc) is 2.69. The lowest BCUT2D eigenvalue weighted by atomic mass is 9.73. The first-order valence-corrected chi connectivity index (χ1v) is 6.78. The third-order valence-electron chi connectivity index (χ3n) is 4.85. The van der Waals surface area contributed by atoms with E-state index < -0.39 is 0 Å². The number of hydrogen-bond donors (Lipinski definition) is 1. The number of likely N-dealkylation sites (tertiary alicyclic amines) is 1. The Hall–Kier alpha value is -1.28. The van der Waals surface area contributed by atoms with E-state index in [9.17, 15) is 5.11 Å². The number of nitrogens with zero attached hydrogens (tertiary/aromatic N) is 1. The molecule has 2 heteroatoms. The zero-order chi connectivity index (χ0) is 12.8. The molecule has 3 rings (SSSR count). The summed E-state index contributed by atoms with van der Waals surface area (Å²) in [6.07, 6.45) is 3.43. The lowest BCUT2D eigenvalue weighted by Crippen LogP contribution is -2.39. The summed E-state index contributed by atoms with van der Waals surface area (Å²) in [5, 5.41) is 9.86. The maximum absolute atomic E-state index is 9.86. The quantitative estimate of drug-likeness (QED) is 0.766. The Morgan fingerprint density at radius 2 is 2.00 bits per heavy atom. The van der Waals surface area contributed by atoms with Crippen LogP contribution in [0, 0.1) is 0 Å². The van der Waals surface area contributed by atoms with Crippen molar-refractivity contribution in [2.75, 3.05) is 20.1 Å². The molecule has 2 aliphatic rings. The molecular formula is C16H21NO. The van der Waals surface area contributed by atoms with E-state index in [4.69, 9.17) is 0 Å². The lowest BCUT2D eigenvalue weighted by Gasteiger charge is -2.39. The van der Waals surface area contributed by atoms with Gasteiger partial charge in [0.1, 0.15) is 0 Å². The molecule has 1 N–H and O–H groups in total. The van der Waals surface area contributed by atoms with Crippen molar-refractivity contribution in [1.29, 1.82) is 0 Å². The molecule has 1 unspecified atom stereocenters. The number of allylic oxidation sites excluding steroid dienone is 1. The minimum atomic E-state index is 0.143. The van der Waals surface area contributed by atoms with Crippen LogP contribution in [0.4, 0.5) is 0 Å². The molecule has 1 aliphatic heterocycles. The van der Waals surface area contributed by atoms with Crippen molar-refractivity contribution in [2.45, 2.75) is 30.6 Å². The summed E-state index contributed by atoms with van der Waals surface area (Å²) >= 11 is 0. The highest BCUT2D eigenvalue weighted by Gasteiger charge is 2.45. The second kappa shape index (κ2) is 4.13. The van der Waals surface area contributed by atoms with Crippen molar-refractivity contribution in [3.63, 3.8) is 0 Å². The van der Waals surface area contributed by atoms with Crippen LogP contribution in [0.15, 0.2) is 36.6 Å². The summed E-state index contributed by atoms with van der Waals surface area (Å²) in [6, 6.07) is 8.61. The van der Waals surface area contributed by atoms with Crippen molar-refractivity contribution in [3.8, 4) is 0 Å². The molecule has 1 heterocycles. The Kier molecular flexibility index (Phi) is 2.70. The van der Waals surface area contributed by atoms with Crippen LogP contribution < -0.4 is 0 Å². The van der Waals surface area contributed by atoms with Crippen LogP contribution in [0.1, 0.15) is 36.3 Å². The fourth-order valence-electron chi connectivity index (χ4n) is 3.71. The zero-order valence-corrected chi connectivity index (χ0v) is 11.0. The molecule has 96 valence electrons. The molecule has 0 bridgehead atoms. The summed E-state index contributed by atoms with van der Waals surface area (Å²) in [5.74, 6) is 0.475. The molecule has 1 fully saturated rings. The van der Waals surface area contributed by atoms with E-state index in [0.717, 1.165) is 19.5 Å². The summed E-state index contributed by atoms with van der Waals surface area (Å²) in [5.41, 5.74) is 3.03. The highest BCUT2D eigenvalue weighted by Crippen LogP contribution is 2.52. The highest BCUT2D eigenvalue weighted by atomic mass is 16.3. The second-order valence-corrected chi connectivity index (χ2v) is 5.92. The van der Waals surface area contributed by atoms with Crippen molar-refractivity contribution in [1.82, 2.24) is 4.90 Å². The molecular weight excluding hydrogens is 222 g/mol. The molecule has 1 spiro atoms. The molecule has 1 atom stereocenters. The Bertz CT molecular complexity index is 472. The number of aliphatic hydroxyl groups excluding tert-OH is 1. The SMILES string of the molecule is C=C(O)C1CC2(CCN(C)CC2)c2ccccc21. The molecule has 0 saturated carbocycles. The van der Waals surface area contributed by atoms with Gasteiger partial charge in [-0.05, 0) is 55.9 Å². The summed E-state index contributed by atoms with van der Waals surface area (Å²) in [6.45, 7) is 6.08. The van der Waals surface area contributed by atoms with Crippen molar-refractivity contribution in [2.24, 2.45) is 0 Å². The van der Waals surface area contributed by atoms with Gasteiger partial charge in [-0.2, -0.15) is 0 Å². The van der Waals surface area contributed by atoms with Gasteiger partial charge in [0.05, 0.1) is 5.76 Å². The highest BCUT2D eigenvalue weighted by molar-refractivity contribution is 5.45. The van der Waals surface area contributed by atoms with Gasteiger partial charge in [-0.1, -0.05) is 30.8 Å². The first kappa shape index (κ1) is 11.8. The molecule has 0 radical (unpaired) electrons. The molecule has 2 nitrogen and oxygen atoms in total. The van der Waals surface area contributed by atoms with Gasteiger partial charge in [-0.15, -0.1) is 0 Å². The largest absolute Gasteiger partial charge is 0.512 e. The molecule has 0 aromatic heterocycles.